The van der Waals surface area contributed by atoms with Crippen LogP contribution in [0, 0.1) is 0 Å². The number of likely N-dealkylation sites (N-methyl/N-ethyl adjacent to an activating group) is 1. The van der Waals surface area contributed by atoms with Crippen LogP contribution in [0.15, 0.2) is 49.7 Å². The number of fused-ring (bicyclic) bond motifs is 1. The van der Waals surface area contributed by atoms with Crippen LogP contribution < -0.4 is 4.90 Å². The minimum absolute atomic E-state index is 0.0474. The zero-order valence-corrected chi connectivity index (χ0v) is 13.9. The van der Waals surface area contributed by atoms with Gasteiger partial charge in [-0.15, -0.1) is 0 Å². The highest BCUT2D eigenvalue weighted by molar-refractivity contribution is 5.94. The van der Waals surface area contributed by atoms with Crippen molar-refractivity contribution in [3.63, 3.8) is 0 Å². The summed E-state index contributed by atoms with van der Waals surface area (Å²) in [6.45, 7) is 5.11. The van der Waals surface area contributed by atoms with E-state index >= 15 is 0 Å². The maximum atomic E-state index is 11.7. The zero-order chi connectivity index (χ0) is 17.4. The first-order valence-corrected chi connectivity index (χ1v) is 8.05. The number of nitrogens with one attached hydrogen (secondary N) is 1. The fraction of sp³-hybridized carbons (Fsp3) is 0.222. The summed E-state index contributed by atoms with van der Waals surface area (Å²) in [5.74, 6) is -0.0474. The van der Waals surface area contributed by atoms with Crippen LogP contribution in [0.5, 0.6) is 0 Å². The van der Waals surface area contributed by atoms with Gasteiger partial charge < -0.3 is 14.8 Å². The standard InChI is InChI=1S/C18H18N6O/c1-3-17(25)23(2)13-10-24(11-13)12-6-14-15(8-22-18(14)21-7-12)16-9-19-4-5-20-16/h3-9,13H,1,10-11H2,2H3,(H,21,22). The van der Waals surface area contributed by atoms with Gasteiger partial charge in [-0.2, -0.15) is 0 Å². The average molecular weight is 334 g/mol. The van der Waals surface area contributed by atoms with Gasteiger partial charge in [0.1, 0.15) is 5.65 Å². The average Bonchev–Trinajstić information content (AvgIpc) is 3.03. The maximum absolute atomic E-state index is 11.7. The Balaban J connectivity index is 1.58. The number of carbonyl (C=O) groups excluding carboxylic acids is 1. The summed E-state index contributed by atoms with van der Waals surface area (Å²) in [6, 6.07) is 2.31. The molecular weight excluding hydrogens is 316 g/mol. The third-order valence-corrected chi connectivity index (χ3v) is 4.65. The Hall–Kier alpha value is -3.22. The normalized spacial score (nSPS) is 14.4. The van der Waals surface area contributed by atoms with Gasteiger partial charge in [0.05, 0.1) is 29.8 Å². The number of anilines is 1. The first-order valence-electron chi connectivity index (χ1n) is 8.05. The summed E-state index contributed by atoms with van der Waals surface area (Å²) >= 11 is 0. The second-order valence-electron chi connectivity index (χ2n) is 6.09. The minimum Gasteiger partial charge on any atom is -0.366 e. The number of nitrogens with zero attached hydrogens (tertiary/aromatic N) is 5. The molecule has 1 saturated heterocycles. The van der Waals surface area contributed by atoms with Gasteiger partial charge in [0, 0.05) is 49.7 Å². The third kappa shape index (κ3) is 2.63. The van der Waals surface area contributed by atoms with Crippen LogP contribution >= 0.6 is 0 Å². The first kappa shape index (κ1) is 15.3. The Morgan fingerprint density at radius 1 is 1.36 bits per heavy atom. The van der Waals surface area contributed by atoms with Crippen LogP contribution in [-0.4, -0.2) is 56.9 Å². The molecule has 126 valence electrons. The van der Waals surface area contributed by atoms with Crippen molar-refractivity contribution in [3.8, 4) is 11.3 Å². The second kappa shape index (κ2) is 6.01. The molecule has 4 heterocycles. The monoisotopic (exact) mass is 334 g/mol. The number of H-pyrrole nitrogens is 1. The largest absolute Gasteiger partial charge is 0.366 e. The number of rotatable bonds is 4. The topological polar surface area (TPSA) is 78.0 Å². The Kier molecular flexibility index (Phi) is 3.68. The van der Waals surface area contributed by atoms with E-state index in [-0.39, 0.29) is 11.9 Å². The zero-order valence-electron chi connectivity index (χ0n) is 13.9. The molecule has 7 nitrogen and oxygen atoms in total. The van der Waals surface area contributed by atoms with Crippen LogP contribution in [0.3, 0.4) is 0 Å². The van der Waals surface area contributed by atoms with Crippen LogP contribution in [-0.2, 0) is 4.79 Å². The molecule has 0 aromatic carbocycles. The highest BCUT2D eigenvalue weighted by Gasteiger charge is 2.32. The van der Waals surface area contributed by atoms with Crippen LogP contribution in [0.1, 0.15) is 0 Å². The predicted octanol–water partition coefficient (Wildman–Crippen LogP) is 1.85. The number of hydrogen-bond donors (Lipinski definition) is 1. The summed E-state index contributed by atoms with van der Waals surface area (Å²) in [5.41, 5.74) is 3.65. The Bertz CT molecular complexity index is 929. The molecule has 7 heteroatoms. The molecule has 0 spiro atoms. The molecule has 0 saturated carbocycles. The Morgan fingerprint density at radius 3 is 2.92 bits per heavy atom. The van der Waals surface area contributed by atoms with Gasteiger partial charge in [0.25, 0.3) is 0 Å². The van der Waals surface area contributed by atoms with E-state index in [1.807, 2.05) is 19.4 Å². The number of carbonyl (C=O) groups is 1. The summed E-state index contributed by atoms with van der Waals surface area (Å²) in [6.07, 6.45) is 10.2. The quantitative estimate of drug-likeness (QED) is 0.737. The number of pyridine rings is 1. The predicted molar refractivity (Wildman–Crippen MR) is 96.1 cm³/mol. The second-order valence-corrected chi connectivity index (χ2v) is 6.09. The lowest BCUT2D eigenvalue weighted by atomic mass is 10.1. The minimum atomic E-state index is -0.0474. The molecule has 1 amide bonds. The number of aromatic amines is 1. The van der Waals surface area contributed by atoms with E-state index in [9.17, 15) is 4.79 Å². The van der Waals surface area contributed by atoms with Gasteiger partial charge in [0.15, 0.2) is 0 Å². The van der Waals surface area contributed by atoms with Crippen molar-refractivity contribution >= 4 is 22.6 Å². The van der Waals surface area contributed by atoms with Crippen molar-refractivity contribution in [1.29, 1.82) is 0 Å². The van der Waals surface area contributed by atoms with E-state index in [0.29, 0.717) is 0 Å². The molecule has 1 aliphatic rings. The molecular formula is C18H18N6O. The third-order valence-electron chi connectivity index (χ3n) is 4.65. The van der Waals surface area contributed by atoms with E-state index < -0.39 is 0 Å². The van der Waals surface area contributed by atoms with Crippen molar-refractivity contribution in [3.05, 3.63) is 49.7 Å². The van der Waals surface area contributed by atoms with Crippen molar-refractivity contribution in [2.24, 2.45) is 0 Å². The summed E-state index contributed by atoms with van der Waals surface area (Å²) in [5, 5.41) is 1.01. The molecule has 4 rings (SSSR count). The van der Waals surface area contributed by atoms with Gasteiger partial charge in [-0.1, -0.05) is 6.58 Å². The summed E-state index contributed by atoms with van der Waals surface area (Å²) < 4.78 is 0. The summed E-state index contributed by atoms with van der Waals surface area (Å²) in [4.78, 5) is 31.8. The molecule has 0 bridgehead atoms. The van der Waals surface area contributed by atoms with E-state index in [4.69, 9.17) is 0 Å². The van der Waals surface area contributed by atoms with Gasteiger partial charge in [-0.3, -0.25) is 14.8 Å². The van der Waals surface area contributed by atoms with Crippen LogP contribution in [0.4, 0.5) is 5.69 Å². The molecule has 25 heavy (non-hydrogen) atoms. The van der Waals surface area contributed by atoms with E-state index in [2.05, 4.69) is 37.5 Å². The number of hydrogen-bond acceptors (Lipinski definition) is 5. The smallest absolute Gasteiger partial charge is 0.246 e. The van der Waals surface area contributed by atoms with Gasteiger partial charge in [-0.25, -0.2) is 4.98 Å². The molecule has 0 aliphatic carbocycles. The van der Waals surface area contributed by atoms with Crippen LogP contribution in [0.2, 0.25) is 0 Å². The Labute approximate surface area is 145 Å². The van der Waals surface area contributed by atoms with E-state index in [0.717, 1.165) is 41.1 Å². The summed E-state index contributed by atoms with van der Waals surface area (Å²) in [7, 11) is 1.81. The van der Waals surface area contributed by atoms with Gasteiger partial charge >= 0.3 is 0 Å². The Morgan fingerprint density at radius 2 is 2.20 bits per heavy atom. The fourth-order valence-corrected chi connectivity index (χ4v) is 3.05. The van der Waals surface area contributed by atoms with Gasteiger partial charge in [0.2, 0.25) is 5.91 Å². The van der Waals surface area contributed by atoms with Crippen LogP contribution in [0.25, 0.3) is 22.3 Å². The first-order chi connectivity index (χ1) is 12.2. The highest BCUT2D eigenvalue weighted by atomic mass is 16.2. The lowest BCUT2D eigenvalue weighted by Gasteiger charge is -2.45. The molecule has 1 fully saturated rings. The maximum Gasteiger partial charge on any atom is 0.246 e. The van der Waals surface area contributed by atoms with Crippen molar-refractivity contribution in [2.75, 3.05) is 25.0 Å². The van der Waals surface area contributed by atoms with E-state index in [1.165, 1.54) is 6.08 Å². The molecule has 0 unspecified atom stereocenters. The molecule has 1 N–H and O–H groups in total. The van der Waals surface area contributed by atoms with Crippen molar-refractivity contribution < 1.29 is 4.79 Å². The van der Waals surface area contributed by atoms with Gasteiger partial charge in [-0.05, 0) is 12.1 Å². The molecule has 3 aromatic heterocycles. The number of aromatic nitrogens is 4. The van der Waals surface area contributed by atoms with Crippen molar-refractivity contribution in [1.82, 2.24) is 24.8 Å². The van der Waals surface area contributed by atoms with Crippen molar-refractivity contribution in [2.45, 2.75) is 6.04 Å². The number of amides is 1. The molecule has 0 atom stereocenters. The van der Waals surface area contributed by atoms with E-state index in [1.54, 1.807) is 23.5 Å². The molecule has 1 aliphatic heterocycles. The highest BCUT2D eigenvalue weighted by Crippen LogP contribution is 2.30. The lowest BCUT2D eigenvalue weighted by molar-refractivity contribution is -0.127. The molecule has 0 radical (unpaired) electrons. The lowest BCUT2D eigenvalue weighted by Crippen LogP contribution is -2.59. The molecule has 3 aromatic rings. The fourth-order valence-electron chi connectivity index (χ4n) is 3.05. The SMILES string of the molecule is C=CC(=O)N(C)C1CN(c2cnc3[nH]cc(-c4cnccn4)c3c2)C1.